The summed E-state index contributed by atoms with van der Waals surface area (Å²) < 4.78 is 0. The van der Waals surface area contributed by atoms with Gasteiger partial charge in [-0.2, -0.15) is 0 Å². The third-order valence-corrected chi connectivity index (χ3v) is 4.75. The quantitative estimate of drug-likeness (QED) is 0.892. The molecule has 0 spiro atoms. The van der Waals surface area contributed by atoms with Gasteiger partial charge in [-0.1, -0.05) is 44.2 Å². The van der Waals surface area contributed by atoms with E-state index in [-0.39, 0.29) is 20.3 Å². The number of rotatable bonds is 4. The number of aryl methyl sites for hydroxylation is 1. The van der Waals surface area contributed by atoms with E-state index in [1.165, 1.54) is 0 Å². The van der Waals surface area contributed by atoms with Crippen LogP contribution in [-0.4, -0.2) is 31.2 Å². The van der Waals surface area contributed by atoms with E-state index in [4.69, 9.17) is 0 Å². The van der Waals surface area contributed by atoms with E-state index in [9.17, 15) is 4.79 Å². The number of benzene rings is 1. The number of aromatic nitrogens is 1. The minimum absolute atomic E-state index is 0. The molecular weight excluding hydrogens is 312 g/mol. The summed E-state index contributed by atoms with van der Waals surface area (Å²) in [5, 5.41) is 6.33. The van der Waals surface area contributed by atoms with Gasteiger partial charge >= 0.3 is 6.03 Å². The predicted octanol–water partition coefficient (Wildman–Crippen LogP) is 3.65. The van der Waals surface area contributed by atoms with Crippen LogP contribution in [0.5, 0.6) is 0 Å². The molecule has 25 heavy (non-hydrogen) atoms. The Morgan fingerprint density at radius 2 is 2.00 bits per heavy atom. The van der Waals surface area contributed by atoms with Gasteiger partial charge < -0.3 is 10.6 Å². The zero-order chi connectivity index (χ0) is 18.0. The van der Waals surface area contributed by atoms with E-state index in [0.29, 0.717) is 13.1 Å². The minimum Gasteiger partial charge on any atom is -0.336 e. The van der Waals surface area contributed by atoms with Crippen LogP contribution in [0.2, 0.25) is 0 Å². The number of likely N-dealkylation sites (N-methyl/N-ethyl adjacent to an activating group) is 1. The monoisotopic (exact) mass is 342 g/mol. The third-order valence-electron chi connectivity index (χ3n) is 4.75. The molecule has 2 N–H and O–H groups in total. The molecule has 3 rings (SSSR count). The molecule has 2 heterocycles. The van der Waals surface area contributed by atoms with E-state index < -0.39 is 0 Å². The van der Waals surface area contributed by atoms with E-state index in [0.717, 1.165) is 22.6 Å². The molecule has 5 nitrogen and oxygen atoms in total. The molecule has 0 aliphatic carbocycles. The van der Waals surface area contributed by atoms with Gasteiger partial charge in [0.2, 0.25) is 0 Å². The highest BCUT2D eigenvalue weighted by molar-refractivity contribution is 5.94. The summed E-state index contributed by atoms with van der Waals surface area (Å²) in [6.07, 6.45) is 0. The Labute approximate surface area is 152 Å². The lowest BCUT2D eigenvalue weighted by Gasteiger charge is -2.23. The highest BCUT2D eigenvalue weighted by Gasteiger charge is 2.39. The maximum atomic E-state index is 12.8. The van der Waals surface area contributed by atoms with Crippen molar-refractivity contribution >= 4 is 11.7 Å². The lowest BCUT2D eigenvalue weighted by atomic mass is 9.91. The normalized spacial score (nSPS) is 16.4. The van der Waals surface area contributed by atoms with Crippen LogP contribution >= 0.6 is 0 Å². The molecule has 1 aromatic carbocycles. The second kappa shape index (κ2) is 6.84. The van der Waals surface area contributed by atoms with Gasteiger partial charge in [0.15, 0.2) is 0 Å². The second-order valence-electron chi connectivity index (χ2n) is 7.23. The summed E-state index contributed by atoms with van der Waals surface area (Å²) in [7, 11) is 1.91. The average Bonchev–Trinajstić information content (AvgIpc) is 2.87. The van der Waals surface area contributed by atoms with Crippen molar-refractivity contribution in [2.75, 3.05) is 25.0 Å². The van der Waals surface area contributed by atoms with Gasteiger partial charge in [0.1, 0.15) is 0 Å². The Balaban J connectivity index is 0.00000182. The number of hydrogen-bond donors (Lipinski definition) is 2. The summed E-state index contributed by atoms with van der Waals surface area (Å²) in [5.74, 6) is 0. The smallest absolute Gasteiger partial charge is 0.322 e. The van der Waals surface area contributed by atoms with Crippen molar-refractivity contribution in [3.63, 3.8) is 0 Å². The largest absolute Gasteiger partial charge is 0.336 e. The standard InChI is InChI=1S/C20H26N4O.2H2/c1-14-10-11-17-18(23-14)20(2,3)13-24(17)19(25)22-12-16(21-4)15-8-6-5-7-9-15;;/h5-11,16,21H,12-13H2,1-4H3,(H,22,25);2*1H/t16-;;/m0../s1. The van der Waals surface area contributed by atoms with Gasteiger partial charge in [0.05, 0.1) is 11.4 Å². The van der Waals surface area contributed by atoms with Gasteiger partial charge in [-0.15, -0.1) is 0 Å². The van der Waals surface area contributed by atoms with Crippen LogP contribution in [-0.2, 0) is 5.41 Å². The fourth-order valence-electron chi connectivity index (χ4n) is 3.36. The van der Waals surface area contributed by atoms with Crippen molar-refractivity contribution in [3.8, 4) is 0 Å². The van der Waals surface area contributed by atoms with Gasteiger partial charge in [-0.3, -0.25) is 9.88 Å². The Morgan fingerprint density at radius 3 is 2.68 bits per heavy atom. The van der Waals surface area contributed by atoms with E-state index in [2.05, 4.69) is 41.6 Å². The molecule has 1 aliphatic rings. The Hall–Kier alpha value is -2.40. The van der Waals surface area contributed by atoms with Crippen LogP contribution in [0.1, 0.15) is 39.7 Å². The number of urea groups is 1. The van der Waals surface area contributed by atoms with Crippen molar-refractivity contribution in [1.29, 1.82) is 0 Å². The SMILES string of the molecule is CN[C@@H](CNC(=O)N1CC(C)(C)c2nc(C)ccc21)c1ccccc1.[HH].[HH]. The number of carbonyl (C=O) groups is 1. The summed E-state index contributed by atoms with van der Waals surface area (Å²) in [6, 6.07) is 14.1. The zero-order valence-electron chi connectivity index (χ0n) is 15.3. The molecule has 0 bridgehead atoms. The molecule has 2 aromatic rings. The Morgan fingerprint density at radius 1 is 1.28 bits per heavy atom. The molecule has 136 valence electrons. The van der Waals surface area contributed by atoms with Crippen LogP contribution < -0.4 is 15.5 Å². The molecule has 0 saturated heterocycles. The van der Waals surface area contributed by atoms with Gasteiger partial charge in [-0.25, -0.2) is 4.79 Å². The minimum atomic E-state index is -0.138. The van der Waals surface area contributed by atoms with Crippen molar-refractivity contribution in [1.82, 2.24) is 15.6 Å². The van der Waals surface area contributed by atoms with Crippen molar-refractivity contribution in [2.45, 2.75) is 32.2 Å². The zero-order valence-corrected chi connectivity index (χ0v) is 15.3. The van der Waals surface area contributed by atoms with Crippen molar-refractivity contribution in [2.24, 2.45) is 0 Å². The first-order chi connectivity index (χ1) is 11.9. The molecule has 1 aliphatic heterocycles. The summed E-state index contributed by atoms with van der Waals surface area (Å²) in [5.41, 5.74) is 3.91. The lowest BCUT2D eigenvalue weighted by Crippen LogP contribution is -2.44. The molecule has 1 aromatic heterocycles. The van der Waals surface area contributed by atoms with Gasteiger partial charge in [0, 0.05) is 33.1 Å². The first-order valence-corrected chi connectivity index (χ1v) is 8.68. The van der Waals surface area contributed by atoms with Crippen LogP contribution in [0.25, 0.3) is 0 Å². The van der Waals surface area contributed by atoms with E-state index in [1.807, 2.05) is 44.3 Å². The van der Waals surface area contributed by atoms with Crippen molar-refractivity contribution in [3.05, 3.63) is 59.4 Å². The number of amides is 2. The number of pyridine rings is 1. The number of nitrogens with one attached hydrogen (secondary N) is 2. The third kappa shape index (κ3) is 3.51. The summed E-state index contributed by atoms with van der Waals surface area (Å²) in [6.45, 7) is 7.42. The highest BCUT2D eigenvalue weighted by atomic mass is 16.2. The number of hydrogen-bond acceptors (Lipinski definition) is 3. The Bertz CT molecular complexity index is 768. The summed E-state index contributed by atoms with van der Waals surface area (Å²) in [4.78, 5) is 19.3. The molecule has 0 fully saturated rings. The maximum Gasteiger partial charge on any atom is 0.322 e. The van der Waals surface area contributed by atoms with Crippen LogP contribution in [0.4, 0.5) is 10.5 Å². The topological polar surface area (TPSA) is 57.3 Å². The fraction of sp³-hybridized carbons (Fsp3) is 0.400. The highest BCUT2D eigenvalue weighted by Crippen LogP contribution is 2.39. The first kappa shape index (κ1) is 17.4. The van der Waals surface area contributed by atoms with Crippen LogP contribution in [0.3, 0.4) is 0 Å². The Kier molecular flexibility index (Phi) is 4.77. The second-order valence-corrected chi connectivity index (χ2v) is 7.23. The molecular formula is C20H30N4O. The van der Waals surface area contributed by atoms with E-state index >= 15 is 0 Å². The number of carbonyl (C=O) groups excluding carboxylic acids is 1. The fourth-order valence-corrected chi connectivity index (χ4v) is 3.36. The van der Waals surface area contributed by atoms with Gasteiger partial charge in [-0.05, 0) is 31.7 Å². The number of fused-ring (bicyclic) bond motifs is 1. The molecule has 5 heteroatoms. The molecule has 0 unspecified atom stereocenters. The predicted molar refractivity (Wildman–Crippen MR) is 105 cm³/mol. The number of anilines is 1. The van der Waals surface area contributed by atoms with E-state index in [1.54, 1.807) is 4.90 Å². The maximum absolute atomic E-state index is 12.8. The molecule has 1 atom stereocenters. The van der Waals surface area contributed by atoms with Crippen LogP contribution in [0, 0.1) is 6.92 Å². The first-order valence-electron chi connectivity index (χ1n) is 8.68. The van der Waals surface area contributed by atoms with Gasteiger partial charge in [0.25, 0.3) is 0 Å². The lowest BCUT2D eigenvalue weighted by molar-refractivity contribution is 0.244. The molecule has 2 amide bonds. The summed E-state index contributed by atoms with van der Waals surface area (Å²) >= 11 is 0. The van der Waals surface area contributed by atoms with Crippen molar-refractivity contribution < 1.29 is 7.65 Å². The molecule has 0 radical (unpaired) electrons. The van der Waals surface area contributed by atoms with Crippen LogP contribution in [0.15, 0.2) is 42.5 Å². The number of nitrogens with zero attached hydrogens (tertiary/aromatic N) is 2. The average molecular weight is 342 g/mol. The molecule has 0 saturated carbocycles.